The van der Waals surface area contributed by atoms with Crippen molar-refractivity contribution in [3.8, 4) is 0 Å². The highest BCUT2D eigenvalue weighted by Crippen LogP contribution is 2.11. The number of nitrogens with one attached hydrogen (secondary N) is 2. The number of amides is 1. The molecule has 1 aliphatic rings. The van der Waals surface area contributed by atoms with Gasteiger partial charge in [0.1, 0.15) is 5.69 Å². The summed E-state index contributed by atoms with van der Waals surface area (Å²) < 4.78 is 4.53. The molecule has 2 rings (SSSR count). The molecule has 0 aromatic carbocycles. The van der Waals surface area contributed by atoms with Crippen LogP contribution in [0.1, 0.15) is 11.4 Å². The molecule has 84 valence electrons. The zero-order valence-corrected chi connectivity index (χ0v) is 9.30. The van der Waals surface area contributed by atoms with Crippen LogP contribution in [0.15, 0.2) is 16.3 Å². The molecule has 7 nitrogen and oxygen atoms in total. The van der Waals surface area contributed by atoms with Gasteiger partial charge in [-0.2, -0.15) is 0 Å². The van der Waals surface area contributed by atoms with Crippen molar-refractivity contribution >= 4 is 28.5 Å². The van der Waals surface area contributed by atoms with Gasteiger partial charge in [0.15, 0.2) is 10.9 Å². The molecule has 1 aromatic heterocycles. The molecule has 0 aliphatic carbocycles. The molecule has 2 heterocycles. The standard InChI is InChI=1S/C8H9N5O2S/c1-4(7-5(2)12-15-13-7)10-11-8-9-6(14)3-16-8/h10H,1,3H2,2H3,(H,9,11,14). The van der Waals surface area contributed by atoms with Crippen molar-refractivity contribution < 1.29 is 9.42 Å². The molecule has 1 amide bonds. The molecule has 0 atom stereocenters. The van der Waals surface area contributed by atoms with Gasteiger partial charge in [0.2, 0.25) is 5.91 Å². The Kier molecular flexibility index (Phi) is 2.91. The highest BCUT2D eigenvalue weighted by atomic mass is 32.2. The van der Waals surface area contributed by atoms with Gasteiger partial charge in [-0.05, 0) is 12.1 Å². The van der Waals surface area contributed by atoms with Gasteiger partial charge in [-0.15, -0.1) is 5.10 Å². The minimum absolute atomic E-state index is 0.0598. The Labute approximate surface area is 95.3 Å². The van der Waals surface area contributed by atoms with Crippen LogP contribution in [-0.4, -0.2) is 27.1 Å². The molecule has 0 spiro atoms. The fraction of sp³-hybridized carbons (Fsp3) is 0.250. The number of hydrogen-bond donors (Lipinski definition) is 2. The molecule has 16 heavy (non-hydrogen) atoms. The third kappa shape index (κ3) is 2.22. The maximum atomic E-state index is 10.9. The first kappa shape index (κ1) is 10.7. The predicted octanol–water partition coefficient (Wildman–Crippen LogP) is 0.0723. The highest BCUT2D eigenvalue weighted by molar-refractivity contribution is 8.15. The van der Waals surface area contributed by atoms with Crippen LogP contribution in [0.5, 0.6) is 0 Å². The first-order valence-electron chi connectivity index (χ1n) is 4.41. The second-order valence-corrected chi connectivity index (χ2v) is 4.01. The van der Waals surface area contributed by atoms with E-state index in [1.54, 1.807) is 6.92 Å². The van der Waals surface area contributed by atoms with Crippen molar-refractivity contribution in [2.75, 3.05) is 5.75 Å². The Morgan fingerprint density at radius 2 is 2.50 bits per heavy atom. The topological polar surface area (TPSA) is 92.4 Å². The monoisotopic (exact) mass is 239 g/mol. The number of carbonyl (C=O) groups excluding carboxylic acids is 1. The number of aromatic nitrogens is 2. The van der Waals surface area contributed by atoms with Crippen LogP contribution in [0.4, 0.5) is 0 Å². The van der Waals surface area contributed by atoms with E-state index >= 15 is 0 Å². The quantitative estimate of drug-likeness (QED) is 0.725. The number of hydrogen-bond acceptors (Lipinski definition) is 7. The highest BCUT2D eigenvalue weighted by Gasteiger charge is 2.16. The van der Waals surface area contributed by atoms with E-state index in [9.17, 15) is 4.79 Å². The molecule has 0 bridgehead atoms. The smallest absolute Gasteiger partial charge is 0.236 e. The third-order valence-corrected chi connectivity index (χ3v) is 2.69. The van der Waals surface area contributed by atoms with E-state index in [-0.39, 0.29) is 5.91 Å². The Bertz CT molecular complexity index is 467. The number of carbonyl (C=O) groups is 1. The van der Waals surface area contributed by atoms with Crippen LogP contribution in [-0.2, 0) is 4.79 Å². The lowest BCUT2D eigenvalue weighted by Gasteiger charge is -2.01. The van der Waals surface area contributed by atoms with Gasteiger partial charge in [-0.1, -0.05) is 23.5 Å². The number of rotatable bonds is 3. The molecule has 0 radical (unpaired) electrons. The van der Waals surface area contributed by atoms with Crippen molar-refractivity contribution in [1.29, 1.82) is 0 Å². The molecule has 1 aliphatic heterocycles. The zero-order valence-electron chi connectivity index (χ0n) is 8.48. The van der Waals surface area contributed by atoms with Crippen LogP contribution in [0.25, 0.3) is 5.70 Å². The number of amidine groups is 1. The van der Waals surface area contributed by atoms with E-state index in [0.29, 0.717) is 28.0 Å². The van der Waals surface area contributed by atoms with Gasteiger partial charge < -0.3 is 5.32 Å². The maximum absolute atomic E-state index is 10.9. The summed E-state index contributed by atoms with van der Waals surface area (Å²) in [6.07, 6.45) is 0. The number of hydrazone groups is 1. The molecular formula is C8H9N5O2S. The third-order valence-electron chi connectivity index (χ3n) is 1.82. The van der Waals surface area contributed by atoms with Crippen molar-refractivity contribution in [2.45, 2.75) is 6.92 Å². The van der Waals surface area contributed by atoms with Crippen LogP contribution >= 0.6 is 11.8 Å². The van der Waals surface area contributed by atoms with E-state index in [1.165, 1.54) is 11.8 Å². The molecule has 0 saturated carbocycles. The molecule has 0 unspecified atom stereocenters. The summed E-state index contributed by atoms with van der Waals surface area (Å²) in [5, 5.41) is 14.3. The lowest BCUT2D eigenvalue weighted by Crippen LogP contribution is -2.22. The maximum Gasteiger partial charge on any atom is 0.236 e. The van der Waals surface area contributed by atoms with Crippen LogP contribution in [0.3, 0.4) is 0 Å². The molecule has 1 fully saturated rings. The lowest BCUT2D eigenvalue weighted by molar-refractivity contribution is -0.116. The Balaban J connectivity index is 1.99. The minimum atomic E-state index is -0.0598. The summed E-state index contributed by atoms with van der Waals surface area (Å²) >= 11 is 1.32. The molecule has 1 saturated heterocycles. The van der Waals surface area contributed by atoms with Gasteiger partial charge in [-0.25, -0.2) is 4.63 Å². The summed E-state index contributed by atoms with van der Waals surface area (Å²) in [7, 11) is 0. The summed E-state index contributed by atoms with van der Waals surface area (Å²) in [5.74, 6) is 0.327. The molecule has 2 N–H and O–H groups in total. The second-order valence-electron chi connectivity index (χ2n) is 3.04. The van der Waals surface area contributed by atoms with E-state index < -0.39 is 0 Å². The Morgan fingerprint density at radius 1 is 1.69 bits per heavy atom. The van der Waals surface area contributed by atoms with Crippen molar-refractivity contribution in [2.24, 2.45) is 5.10 Å². The average molecular weight is 239 g/mol. The van der Waals surface area contributed by atoms with Crippen molar-refractivity contribution in [3.63, 3.8) is 0 Å². The van der Waals surface area contributed by atoms with Crippen molar-refractivity contribution in [3.05, 3.63) is 18.0 Å². The fourth-order valence-corrected chi connectivity index (χ4v) is 1.70. The van der Waals surface area contributed by atoms with Gasteiger partial charge in [-0.3, -0.25) is 10.2 Å². The van der Waals surface area contributed by atoms with Crippen LogP contribution in [0.2, 0.25) is 0 Å². The van der Waals surface area contributed by atoms with Gasteiger partial charge >= 0.3 is 0 Å². The predicted molar refractivity (Wildman–Crippen MR) is 59.2 cm³/mol. The lowest BCUT2D eigenvalue weighted by atomic mass is 10.3. The molecule has 8 heteroatoms. The normalized spacial score (nSPS) is 17.6. The van der Waals surface area contributed by atoms with Crippen molar-refractivity contribution in [1.82, 2.24) is 21.1 Å². The van der Waals surface area contributed by atoms with E-state index in [2.05, 4.69) is 37.4 Å². The minimum Gasteiger partial charge on any atom is -0.303 e. The van der Waals surface area contributed by atoms with E-state index in [0.717, 1.165) is 0 Å². The average Bonchev–Trinajstić information content (AvgIpc) is 2.84. The number of nitrogens with zero attached hydrogens (tertiary/aromatic N) is 3. The van der Waals surface area contributed by atoms with Gasteiger partial charge in [0.25, 0.3) is 0 Å². The van der Waals surface area contributed by atoms with E-state index in [4.69, 9.17) is 0 Å². The molecule has 1 aromatic rings. The number of aryl methyl sites for hydroxylation is 1. The summed E-state index contributed by atoms with van der Waals surface area (Å²) in [5.41, 5.74) is 4.29. The largest absolute Gasteiger partial charge is 0.303 e. The second kappa shape index (κ2) is 4.35. The van der Waals surface area contributed by atoms with Crippen LogP contribution < -0.4 is 10.7 Å². The van der Waals surface area contributed by atoms with E-state index in [1.807, 2.05) is 0 Å². The van der Waals surface area contributed by atoms with Gasteiger partial charge in [0.05, 0.1) is 11.4 Å². The fourth-order valence-electron chi connectivity index (χ4n) is 1.06. The van der Waals surface area contributed by atoms with Gasteiger partial charge in [0, 0.05) is 0 Å². The molecular weight excluding hydrogens is 230 g/mol. The SMILES string of the molecule is C=C(N/N=C1/NC(=O)CS1)c1nonc1C. The number of thioether (sulfide) groups is 1. The Hall–Kier alpha value is -1.83. The first-order chi connectivity index (χ1) is 7.66. The zero-order chi connectivity index (χ0) is 11.5. The summed E-state index contributed by atoms with van der Waals surface area (Å²) in [4.78, 5) is 10.9. The Morgan fingerprint density at radius 3 is 3.06 bits per heavy atom. The first-order valence-corrected chi connectivity index (χ1v) is 5.40. The summed E-state index contributed by atoms with van der Waals surface area (Å²) in [6.45, 7) is 5.48. The summed E-state index contributed by atoms with van der Waals surface area (Å²) in [6, 6.07) is 0. The van der Waals surface area contributed by atoms with Crippen LogP contribution in [0, 0.1) is 6.92 Å².